The van der Waals surface area contributed by atoms with Crippen LogP contribution in [0.4, 0.5) is 0 Å². The van der Waals surface area contributed by atoms with E-state index in [0.717, 1.165) is 55.1 Å². The number of furan rings is 1. The van der Waals surface area contributed by atoms with Crippen molar-refractivity contribution in [3.05, 3.63) is 73.2 Å². The van der Waals surface area contributed by atoms with E-state index < -0.39 is 0 Å². The predicted octanol–water partition coefficient (Wildman–Crippen LogP) is 5.57. The molecular weight excluding hydrogens is 300 g/mol. The van der Waals surface area contributed by atoms with Crippen LogP contribution in [-0.2, 0) is 0 Å². The Kier molecular flexibility index (Phi) is 5.95. The van der Waals surface area contributed by atoms with Crippen LogP contribution in [0.2, 0.25) is 0 Å². The van der Waals surface area contributed by atoms with Crippen molar-refractivity contribution in [1.29, 1.82) is 0 Å². The molecule has 0 aliphatic rings. The maximum absolute atomic E-state index is 5.78. The van der Waals surface area contributed by atoms with Gasteiger partial charge in [-0.25, -0.2) is 0 Å². The fraction of sp³-hybridized carbons (Fsp3) is 0.238. The number of ether oxygens (including phenoxy) is 2. The lowest BCUT2D eigenvalue weighted by molar-refractivity contribution is 0.279. The molecule has 0 fully saturated rings. The van der Waals surface area contributed by atoms with E-state index in [0.29, 0.717) is 0 Å². The summed E-state index contributed by atoms with van der Waals surface area (Å²) in [4.78, 5) is 0. The second-order valence-corrected chi connectivity index (χ2v) is 5.61. The van der Waals surface area contributed by atoms with Crippen molar-refractivity contribution in [3.8, 4) is 22.6 Å². The Morgan fingerprint density at radius 2 is 1.29 bits per heavy atom. The van der Waals surface area contributed by atoms with Gasteiger partial charge in [0.2, 0.25) is 0 Å². The minimum Gasteiger partial charge on any atom is -0.494 e. The summed E-state index contributed by atoms with van der Waals surface area (Å²) < 4.78 is 16.5. The molecule has 0 bridgehead atoms. The summed E-state index contributed by atoms with van der Waals surface area (Å²) in [6, 6.07) is 20.0. The molecule has 1 heterocycles. The Balaban J connectivity index is 1.29. The Morgan fingerprint density at radius 1 is 0.625 bits per heavy atom. The van der Waals surface area contributed by atoms with Crippen LogP contribution < -0.4 is 9.47 Å². The van der Waals surface area contributed by atoms with E-state index in [1.54, 1.807) is 12.5 Å². The molecule has 0 aliphatic carbocycles. The third kappa shape index (κ3) is 4.92. The van der Waals surface area contributed by atoms with Crippen molar-refractivity contribution in [3.63, 3.8) is 0 Å². The molecule has 0 saturated heterocycles. The van der Waals surface area contributed by atoms with Gasteiger partial charge in [-0.05, 0) is 55.2 Å². The lowest BCUT2D eigenvalue weighted by Gasteiger charge is -2.08. The topological polar surface area (TPSA) is 31.6 Å². The van der Waals surface area contributed by atoms with Gasteiger partial charge in [0.05, 0.1) is 25.7 Å². The lowest BCUT2D eigenvalue weighted by atomic mass is 10.1. The standard InChI is InChI=1S/C21H22O3/c1-3-7-20(8-4-1)23-14-5-2-6-15-24-21-11-9-18(10-12-21)19-13-16-22-17-19/h1,3-4,7-13,16-17H,2,5-6,14-15H2. The van der Waals surface area contributed by atoms with Gasteiger partial charge in [0, 0.05) is 5.56 Å². The summed E-state index contributed by atoms with van der Waals surface area (Å²) >= 11 is 0. The molecule has 1 aromatic heterocycles. The Labute approximate surface area is 142 Å². The number of hydrogen-bond acceptors (Lipinski definition) is 3. The summed E-state index contributed by atoms with van der Waals surface area (Å²) in [5.74, 6) is 1.84. The zero-order valence-corrected chi connectivity index (χ0v) is 13.7. The average Bonchev–Trinajstić information content (AvgIpc) is 3.17. The quantitative estimate of drug-likeness (QED) is 0.482. The van der Waals surface area contributed by atoms with E-state index in [4.69, 9.17) is 13.9 Å². The fourth-order valence-corrected chi connectivity index (χ4v) is 2.45. The van der Waals surface area contributed by atoms with Gasteiger partial charge in [0.1, 0.15) is 11.5 Å². The largest absolute Gasteiger partial charge is 0.494 e. The van der Waals surface area contributed by atoms with Crippen molar-refractivity contribution in [1.82, 2.24) is 0 Å². The van der Waals surface area contributed by atoms with Crippen molar-refractivity contribution in [2.75, 3.05) is 13.2 Å². The average molecular weight is 322 g/mol. The van der Waals surface area contributed by atoms with E-state index >= 15 is 0 Å². The second-order valence-electron chi connectivity index (χ2n) is 5.61. The zero-order valence-electron chi connectivity index (χ0n) is 13.7. The van der Waals surface area contributed by atoms with Crippen molar-refractivity contribution < 1.29 is 13.9 Å². The molecule has 0 amide bonds. The molecule has 3 aromatic rings. The number of unbranched alkanes of at least 4 members (excludes halogenated alkanes) is 2. The Bertz CT molecular complexity index is 688. The first-order chi connectivity index (χ1) is 11.9. The molecule has 0 radical (unpaired) electrons. The van der Waals surface area contributed by atoms with Crippen LogP contribution in [0.5, 0.6) is 11.5 Å². The molecule has 3 nitrogen and oxygen atoms in total. The number of hydrogen-bond donors (Lipinski definition) is 0. The van der Waals surface area contributed by atoms with Crippen LogP contribution in [0.3, 0.4) is 0 Å². The van der Waals surface area contributed by atoms with Gasteiger partial charge in [-0.2, -0.15) is 0 Å². The molecule has 24 heavy (non-hydrogen) atoms. The van der Waals surface area contributed by atoms with Crippen molar-refractivity contribution >= 4 is 0 Å². The minimum atomic E-state index is 0.733. The molecule has 0 aliphatic heterocycles. The van der Waals surface area contributed by atoms with Gasteiger partial charge < -0.3 is 13.9 Å². The van der Waals surface area contributed by atoms with Crippen LogP contribution >= 0.6 is 0 Å². The molecule has 0 saturated carbocycles. The first-order valence-electron chi connectivity index (χ1n) is 8.35. The van der Waals surface area contributed by atoms with E-state index in [9.17, 15) is 0 Å². The molecule has 0 atom stereocenters. The highest BCUT2D eigenvalue weighted by Crippen LogP contribution is 2.22. The minimum absolute atomic E-state index is 0.733. The first kappa shape index (κ1) is 16.2. The van der Waals surface area contributed by atoms with Crippen LogP contribution in [0.1, 0.15) is 19.3 Å². The third-order valence-electron chi connectivity index (χ3n) is 3.78. The Hall–Kier alpha value is -2.68. The van der Waals surface area contributed by atoms with Crippen LogP contribution in [0.15, 0.2) is 77.6 Å². The number of benzene rings is 2. The normalized spacial score (nSPS) is 10.5. The monoisotopic (exact) mass is 322 g/mol. The number of para-hydroxylation sites is 1. The summed E-state index contributed by atoms with van der Waals surface area (Å²) in [5, 5.41) is 0. The van der Waals surface area contributed by atoms with E-state index in [1.807, 2.05) is 60.7 Å². The second kappa shape index (κ2) is 8.82. The summed E-state index contributed by atoms with van der Waals surface area (Å²) in [6.45, 7) is 1.49. The molecule has 2 aromatic carbocycles. The molecule has 3 rings (SSSR count). The van der Waals surface area contributed by atoms with Crippen LogP contribution in [0.25, 0.3) is 11.1 Å². The molecule has 0 spiro atoms. The van der Waals surface area contributed by atoms with E-state index in [-0.39, 0.29) is 0 Å². The molecular formula is C21H22O3. The molecule has 3 heteroatoms. The zero-order chi connectivity index (χ0) is 16.5. The highest BCUT2D eigenvalue weighted by Gasteiger charge is 2.00. The van der Waals surface area contributed by atoms with Crippen LogP contribution in [-0.4, -0.2) is 13.2 Å². The Morgan fingerprint density at radius 3 is 1.92 bits per heavy atom. The van der Waals surface area contributed by atoms with Gasteiger partial charge in [0.25, 0.3) is 0 Å². The van der Waals surface area contributed by atoms with E-state index in [1.165, 1.54) is 0 Å². The van der Waals surface area contributed by atoms with Crippen LogP contribution in [0, 0.1) is 0 Å². The fourth-order valence-electron chi connectivity index (χ4n) is 2.45. The molecule has 0 unspecified atom stereocenters. The summed E-state index contributed by atoms with van der Waals surface area (Å²) in [5.41, 5.74) is 2.22. The summed E-state index contributed by atoms with van der Waals surface area (Å²) in [6.07, 6.45) is 6.59. The smallest absolute Gasteiger partial charge is 0.119 e. The highest BCUT2D eigenvalue weighted by molar-refractivity contribution is 5.62. The first-order valence-corrected chi connectivity index (χ1v) is 8.35. The van der Waals surface area contributed by atoms with Gasteiger partial charge in [-0.1, -0.05) is 30.3 Å². The maximum Gasteiger partial charge on any atom is 0.119 e. The SMILES string of the molecule is c1ccc(OCCCCCOc2ccc(-c3ccoc3)cc2)cc1. The van der Waals surface area contributed by atoms with Crippen molar-refractivity contribution in [2.45, 2.75) is 19.3 Å². The van der Waals surface area contributed by atoms with Gasteiger partial charge in [-0.15, -0.1) is 0 Å². The highest BCUT2D eigenvalue weighted by atomic mass is 16.5. The molecule has 124 valence electrons. The number of rotatable bonds is 9. The van der Waals surface area contributed by atoms with Crippen molar-refractivity contribution in [2.24, 2.45) is 0 Å². The molecule has 0 N–H and O–H groups in total. The maximum atomic E-state index is 5.78. The van der Waals surface area contributed by atoms with Gasteiger partial charge >= 0.3 is 0 Å². The van der Waals surface area contributed by atoms with Gasteiger partial charge in [-0.3, -0.25) is 0 Å². The summed E-state index contributed by atoms with van der Waals surface area (Å²) in [7, 11) is 0. The third-order valence-corrected chi connectivity index (χ3v) is 3.78. The predicted molar refractivity (Wildman–Crippen MR) is 95.4 cm³/mol. The van der Waals surface area contributed by atoms with E-state index in [2.05, 4.69) is 0 Å². The lowest BCUT2D eigenvalue weighted by Crippen LogP contribution is -2.00. The van der Waals surface area contributed by atoms with Gasteiger partial charge in [0.15, 0.2) is 0 Å².